The van der Waals surface area contributed by atoms with Gasteiger partial charge in [-0.1, -0.05) is 13.3 Å². The van der Waals surface area contributed by atoms with Crippen molar-refractivity contribution in [1.82, 2.24) is 0 Å². The summed E-state index contributed by atoms with van der Waals surface area (Å²) < 4.78 is 44.6. The summed E-state index contributed by atoms with van der Waals surface area (Å²) in [4.78, 5) is 10.6. The quantitative estimate of drug-likeness (QED) is 0.766. The van der Waals surface area contributed by atoms with Crippen molar-refractivity contribution in [2.24, 2.45) is 5.92 Å². The molecule has 0 saturated heterocycles. The van der Waals surface area contributed by atoms with E-state index in [4.69, 9.17) is 4.74 Å². The lowest BCUT2D eigenvalue weighted by molar-refractivity contribution is -0.139. The zero-order chi connectivity index (χ0) is 14.8. The standard InChI is InChI=1S/C15H17F3O2/c1-10-4-2-3-5-13(10)20-14-7-6-11(9-19)8-12(14)15(16,17)18/h6-10,13H,2-5H2,1H3. The number of carbonyl (C=O) groups is 1. The Labute approximate surface area is 115 Å². The lowest BCUT2D eigenvalue weighted by Gasteiger charge is -2.30. The maximum atomic E-state index is 13.0. The molecule has 1 aromatic carbocycles. The molecule has 1 aromatic rings. The molecular formula is C15H17F3O2. The summed E-state index contributed by atoms with van der Waals surface area (Å²) in [7, 11) is 0. The van der Waals surface area contributed by atoms with Gasteiger partial charge >= 0.3 is 6.18 Å². The second-order valence-electron chi connectivity index (χ2n) is 5.29. The summed E-state index contributed by atoms with van der Waals surface area (Å²) in [5.74, 6) is 0.0671. The Morgan fingerprint density at radius 3 is 2.55 bits per heavy atom. The average Bonchev–Trinajstić information content (AvgIpc) is 2.40. The van der Waals surface area contributed by atoms with Gasteiger partial charge < -0.3 is 4.74 Å². The van der Waals surface area contributed by atoms with Crippen molar-refractivity contribution in [3.63, 3.8) is 0 Å². The lowest BCUT2D eigenvalue weighted by atomic mass is 9.88. The van der Waals surface area contributed by atoms with E-state index in [1.807, 2.05) is 6.92 Å². The lowest BCUT2D eigenvalue weighted by Crippen LogP contribution is -2.29. The van der Waals surface area contributed by atoms with Crippen LogP contribution in [0.25, 0.3) is 0 Å². The maximum Gasteiger partial charge on any atom is 0.419 e. The minimum absolute atomic E-state index is 0.00127. The predicted octanol–water partition coefficient (Wildman–Crippen LogP) is 4.48. The van der Waals surface area contributed by atoms with E-state index in [1.54, 1.807) is 0 Å². The fourth-order valence-corrected chi connectivity index (χ4v) is 2.57. The monoisotopic (exact) mass is 286 g/mol. The molecule has 5 heteroatoms. The number of halogens is 3. The highest BCUT2D eigenvalue weighted by Crippen LogP contribution is 2.38. The van der Waals surface area contributed by atoms with E-state index in [0.717, 1.165) is 31.7 Å². The molecular weight excluding hydrogens is 269 g/mol. The van der Waals surface area contributed by atoms with Crippen molar-refractivity contribution < 1.29 is 22.7 Å². The SMILES string of the molecule is CC1CCCCC1Oc1ccc(C=O)cc1C(F)(F)F. The van der Waals surface area contributed by atoms with Crippen molar-refractivity contribution in [3.8, 4) is 5.75 Å². The molecule has 2 unspecified atom stereocenters. The van der Waals surface area contributed by atoms with Crippen molar-refractivity contribution in [2.45, 2.75) is 44.9 Å². The van der Waals surface area contributed by atoms with E-state index in [1.165, 1.54) is 12.1 Å². The van der Waals surface area contributed by atoms with Gasteiger partial charge in [0.1, 0.15) is 18.1 Å². The van der Waals surface area contributed by atoms with Gasteiger partial charge in [0.2, 0.25) is 0 Å². The number of aldehydes is 1. The van der Waals surface area contributed by atoms with Crippen LogP contribution in [0.2, 0.25) is 0 Å². The van der Waals surface area contributed by atoms with Gasteiger partial charge in [0, 0.05) is 5.56 Å². The summed E-state index contributed by atoms with van der Waals surface area (Å²) >= 11 is 0. The number of ether oxygens (including phenoxy) is 1. The predicted molar refractivity (Wildman–Crippen MR) is 68.9 cm³/mol. The Morgan fingerprint density at radius 1 is 1.25 bits per heavy atom. The molecule has 20 heavy (non-hydrogen) atoms. The first kappa shape index (κ1) is 14.9. The highest BCUT2D eigenvalue weighted by atomic mass is 19.4. The molecule has 0 amide bonds. The van der Waals surface area contributed by atoms with Gasteiger partial charge in [0.25, 0.3) is 0 Å². The molecule has 1 aliphatic carbocycles. The summed E-state index contributed by atoms with van der Waals surface area (Å²) in [6, 6.07) is 3.44. The number of benzene rings is 1. The fourth-order valence-electron chi connectivity index (χ4n) is 2.57. The van der Waals surface area contributed by atoms with Crippen molar-refractivity contribution in [1.29, 1.82) is 0 Å². The number of alkyl halides is 3. The van der Waals surface area contributed by atoms with Crippen LogP contribution in [0, 0.1) is 5.92 Å². The number of carbonyl (C=O) groups excluding carboxylic acids is 1. The molecule has 110 valence electrons. The number of rotatable bonds is 3. The normalized spacial score (nSPS) is 23.4. The first-order valence-electron chi connectivity index (χ1n) is 6.75. The highest BCUT2D eigenvalue weighted by Gasteiger charge is 2.36. The van der Waals surface area contributed by atoms with Crippen LogP contribution in [-0.2, 0) is 6.18 Å². The topological polar surface area (TPSA) is 26.3 Å². The zero-order valence-electron chi connectivity index (χ0n) is 11.2. The molecule has 2 rings (SSSR count). The van der Waals surface area contributed by atoms with Crippen LogP contribution in [0.15, 0.2) is 18.2 Å². The largest absolute Gasteiger partial charge is 0.490 e. The molecule has 0 heterocycles. The Kier molecular flexibility index (Phi) is 4.35. The Bertz CT molecular complexity index is 482. The van der Waals surface area contributed by atoms with Gasteiger partial charge in [0.15, 0.2) is 0 Å². The smallest absolute Gasteiger partial charge is 0.419 e. The Hall–Kier alpha value is -1.52. The third-order valence-electron chi connectivity index (χ3n) is 3.76. The molecule has 2 nitrogen and oxygen atoms in total. The molecule has 0 N–H and O–H groups in total. The third-order valence-corrected chi connectivity index (χ3v) is 3.76. The summed E-state index contributed by atoms with van der Waals surface area (Å²) in [6.07, 6.45) is -0.493. The fraction of sp³-hybridized carbons (Fsp3) is 0.533. The number of hydrogen-bond donors (Lipinski definition) is 0. The van der Waals surface area contributed by atoms with Gasteiger partial charge in [-0.05, 0) is 43.4 Å². The molecule has 1 saturated carbocycles. The number of hydrogen-bond acceptors (Lipinski definition) is 2. The van der Waals surface area contributed by atoms with Crippen molar-refractivity contribution >= 4 is 6.29 Å². The summed E-state index contributed by atoms with van der Waals surface area (Å²) in [5, 5.41) is 0. The molecule has 0 spiro atoms. The van der Waals surface area contributed by atoms with Gasteiger partial charge in [-0.3, -0.25) is 4.79 Å². The summed E-state index contributed by atoms with van der Waals surface area (Å²) in [5.41, 5.74) is -0.874. The van der Waals surface area contributed by atoms with Gasteiger partial charge in [-0.2, -0.15) is 13.2 Å². The van der Waals surface area contributed by atoms with Crippen LogP contribution >= 0.6 is 0 Å². The first-order valence-corrected chi connectivity index (χ1v) is 6.75. The first-order chi connectivity index (χ1) is 9.41. The summed E-state index contributed by atoms with van der Waals surface area (Å²) in [6.45, 7) is 2.00. The van der Waals surface area contributed by atoms with Gasteiger partial charge in [-0.15, -0.1) is 0 Å². The molecule has 2 atom stereocenters. The van der Waals surface area contributed by atoms with Crippen LogP contribution in [0.3, 0.4) is 0 Å². The maximum absolute atomic E-state index is 13.0. The van der Waals surface area contributed by atoms with E-state index >= 15 is 0 Å². The van der Waals surface area contributed by atoms with E-state index in [-0.39, 0.29) is 23.3 Å². The van der Waals surface area contributed by atoms with Crippen LogP contribution in [0.4, 0.5) is 13.2 Å². The Morgan fingerprint density at radius 2 is 1.95 bits per heavy atom. The van der Waals surface area contributed by atoms with Crippen molar-refractivity contribution in [2.75, 3.05) is 0 Å². The van der Waals surface area contributed by atoms with E-state index in [0.29, 0.717) is 6.29 Å². The minimum Gasteiger partial charge on any atom is -0.490 e. The second-order valence-corrected chi connectivity index (χ2v) is 5.29. The van der Waals surface area contributed by atoms with Crippen LogP contribution in [-0.4, -0.2) is 12.4 Å². The molecule has 0 aliphatic heterocycles. The minimum atomic E-state index is -4.52. The molecule has 0 radical (unpaired) electrons. The average molecular weight is 286 g/mol. The molecule has 1 aliphatic rings. The van der Waals surface area contributed by atoms with Crippen molar-refractivity contribution in [3.05, 3.63) is 29.3 Å². The van der Waals surface area contributed by atoms with Gasteiger partial charge in [-0.25, -0.2) is 0 Å². The van der Waals surface area contributed by atoms with E-state index in [9.17, 15) is 18.0 Å². The molecule has 0 bridgehead atoms. The highest BCUT2D eigenvalue weighted by molar-refractivity contribution is 5.75. The third kappa shape index (κ3) is 3.32. The van der Waals surface area contributed by atoms with Crippen LogP contribution in [0.5, 0.6) is 5.75 Å². The van der Waals surface area contributed by atoms with Crippen LogP contribution in [0.1, 0.15) is 48.5 Å². The molecule has 0 aromatic heterocycles. The second kappa shape index (κ2) is 5.85. The Balaban J connectivity index is 2.28. The van der Waals surface area contributed by atoms with E-state index < -0.39 is 11.7 Å². The molecule has 1 fully saturated rings. The zero-order valence-corrected chi connectivity index (χ0v) is 11.2. The van der Waals surface area contributed by atoms with Crippen LogP contribution < -0.4 is 4.74 Å². The van der Waals surface area contributed by atoms with E-state index in [2.05, 4.69) is 0 Å². The van der Waals surface area contributed by atoms with Gasteiger partial charge in [0.05, 0.1) is 5.56 Å².